The van der Waals surface area contributed by atoms with Gasteiger partial charge in [0.15, 0.2) is 0 Å². The minimum absolute atomic E-state index is 0.117. The molecule has 0 amide bonds. The predicted molar refractivity (Wildman–Crippen MR) is 278 cm³/mol. The van der Waals surface area contributed by atoms with E-state index in [-0.39, 0.29) is 29.8 Å². The summed E-state index contributed by atoms with van der Waals surface area (Å²) in [5.74, 6) is 1.50. The first-order chi connectivity index (χ1) is 32.3. The van der Waals surface area contributed by atoms with Gasteiger partial charge in [-0.05, 0) is 105 Å². The van der Waals surface area contributed by atoms with Crippen LogP contribution in [-0.2, 0) is 43.7 Å². The number of hydrogen-bond acceptors (Lipinski definition) is 12. The van der Waals surface area contributed by atoms with Crippen molar-refractivity contribution in [2.45, 2.75) is 230 Å². The number of unbranched alkanes of at least 4 members (excludes halogenated alkanes) is 2. The van der Waals surface area contributed by atoms with Crippen LogP contribution in [0.15, 0.2) is 28.7 Å². The summed E-state index contributed by atoms with van der Waals surface area (Å²) < 4.78 is 20.4. The molecule has 1 aromatic carbocycles. The minimum atomic E-state index is -1.05. The molecular formula is C55H97BrN4O8. The van der Waals surface area contributed by atoms with Gasteiger partial charge in [0.05, 0.1) is 28.4 Å². The van der Waals surface area contributed by atoms with Crippen LogP contribution in [0.2, 0.25) is 0 Å². The first kappa shape index (κ1) is 61.5. The Morgan fingerprint density at radius 3 is 1.47 bits per heavy atom. The van der Waals surface area contributed by atoms with Crippen LogP contribution in [0.4, 0.5) is 0 Å². The molecule has 0 bridgehead atoms. The molecule has 0 heterocycles. The Hall–Kier alpha value is -2.58. The van der Waals surface area contributed by atoms with E-state index in [2.05, 4.69) is 29.8 Å². The fraction of sp³-hybridized carbons (Fsp3) is 0.818. The maximum absolute atomic E-state index is 12.3. The maximum Gasteiger partial charge on any atom is 0.330 e. The lowest BCUT2D eigenvalue weighted by molar-refractivity contribution is -0.149. The smallest absolute Gasteiger partial charge is 0.330 e. The number of methoxy groups -OCH3 is 4. The van der Waals surface area contributed by atoms with Crippen LogP contribution in [0.1, 0.15) is 213 Å². The number of halogens is 1. The Kier molecular flexibility index (Phi) is 28.7. The molecule has 68 heavy (non-hydrogen) atoms. The Bertz CT molecular complexity index is 1580. The summed E-state index contributed by atoms with van der Waals surface area (Å²) in [5.41, 5.74) is 22.6. The van der Waals surface area contributed by atoms with Crippen molar-refractivity contribution < 1.29 is 38.1 Å². The van der Waals surface area contributed by atoms with Gasteiger partial charge in [-0.2, -0.15) is 0 Å². The molecule has 4 aliphatic carbocycles. The van der Waals surface area contributed by atoms with Gasteiger partial charge in [-0.1, -0.05) is 178 Å². The topological polar surface area (TPSA) is 209 Å². The van der Waals surface area contributed by atoms with Gasteiger partial charge in [-0.15, -0.1) is 0 Å². The summed E-state index contributed by atoms with van der Waals surface area (Å²) >= 11 is 3.45. The van der Waals surface area contributed by atoms with E-state index in [0.717, 1.165) is 86.6 Å². The van der Waals surface area contributed by atoms with E-state index in [4.69, 9.17) is 41.9 Å². The number of rotatable bonds is 21. The van der Waals surface area contributed by atoms with Crippen molar-refractivity contribution >= 4 is 39.8 Å². The van der Waals surface area contributed by atoms with E-state index in [1.807, 2.05) is 38.1 Å². The number of hydrogen-bond donors (Lipinski definition) is 4. The van der Waals surface area contributed by atoms with Gasteiger partial charge >= 0.3 is 23.9 Å². The zero-order chi connectivity index (χ0) is 50.8. The van der Waals surface area contributed by atoms with Crippen molar-refractivity contribution in [2.75, 3.05) is 28.4 Å². The second-order valence-corrected chi connectivity index (χ2v) is 22.0. The summed E-state index contributed by atoms with van der Waals surface area (Å²) in [7, 11) is 5.69. The highest BCUT2D eigenvalue weighted by atomic mass is 79.9. The number of esters is 4. The highest BCUT2D eigenvalue weighted by Crippen LogP contribution is 2.42. The highest BCUT2D eigenvalue weighted by Gasteiger charge is 2.48. The molecule has 392 valence electrons. The van der Waals surface area contributed by atoms with Gasteiger partial charge in [0.1, 0.15) is 22.2 Å². The number of benzene rings is 1. The van der Waals surface area contributed by atoms with Crippen molar-refractivity contribution in [1.82, 2.24) is 0 Å². The zero-order valence-electron chi connectivity index (χ0n) is 43.9. The molecule has 8 N–H and O–H groups in total. The first-order valence-corrected chi connectivity index (χ1v) is 27.4. The molecule has 0 spiro atoms. The van der Waals surface area contributed by atoms with Gasteiger partial charge < -0.3 is 41.9 Å². The van der Waals surface area contributed by atoms with Crippen molar-refractivity contribution in [3.63, 3.8) is 0 Å². The lowest BCUT2D eigenvalue weighted by Gasteiger charge is -2.34. The fourth-order valence-corrected chi connectivity index (χ4v) is 11.0. The van der Waals surface area contributed by atoms with Crippen LogP contribution in [0.5, 0.6) is 0 Å². The summed E-state index contributed by atoms with van der Waals surface area (Å²) in [5, 5.41) is 0. The summed E-state index contributed by atoms with van der Waals surface area (Å²) in [6.45, 7) is 8.09. The van der Waals surface area contributed by atoms with Crippen molar-refractivity contribution in [1.29, 1.82) is 0 Å². The molecular weight excluding hydrogens is 925 g/mol. The van der Waals surface area contributed by atoms with Crippen LogP contribution < -0.4 is 22.9 Å². The van der Waals surface area contributed by atoms with Gasteiger partial charge in [-0.3, -0.25) is 14.4 Å². The maximum atomic E-state index is 12.3. The number of nitrogens with two attached hydrogens (primary N) is 4. The monoisotopic (exact) mass is 1020 g/mol. The van der Waals surface area contributed by atoms with Gasteiger partial charge in [0.2, 0.25) is 0 Å². The average molecular weight is 1020 g/mol. The molecule has 4 unspecified atom stereocenters. The normalized spacial score (nSPS) is 20.4. The molecule has 0 saturated heterocycles. The first-order valence-electron chi connectivity index (χ1n) is 26.6. The molecule has 13 heteroatoms. The third-order valence-corrected chi connectivity index (χ3v) is 16.1. The van der Waals surface area contributed by atoms with E-state index in [0.29, 0.717) is 30.6 Å². The average Bonchev–Trinajstić information content (AvgIpc) is 4.23. The predicted octanol–water partition coefficient (Wildman–Crippen LogP) is 11.5. The van der Waals surface area contributed by atoms with E-state index in [1.165, 1.54) is 125 Å². The Morgan fingerprint density at radius 2 is 1.04 bits per heavy atom. The van der Waals surface area contributed by atoms with Crippen molar-refractivity contribution in [3.8, 4) is 0 Å². The molecule has 0 radical (unpaired) electrons. The van der Waals surface area contributed by atoms with Crippen molar-refractivity contribution in [3.05, 3.63) is 34.3 Å². The van der Waals surface area contributed by atoms with E-state index in [1.54, 1.807) is 0 Å². The van der Waals surface area contributed by atoms with Crippen LogP contribution in [-0.4, -0.2) is 68.9 Å². The standard InChI is InChI=1S/C18H33NO2.C17H24BrNO2.C10H19NO2.C10H21NO2/c1-21-17(20)18(19,14-16-10-6-3-7-11-16)13-12-15-8-4-2-5-9-15;1-21-16(20)17(19,14-8-5-9-15(18)12-14)11-10-13-6-3-2-4-7-13;1-3-4-7-10(11,8-5-6-8)9(12)13-2;1-5-6-7-10(11,8(2)3)9(12)13-4/h15-16H,2-14,19H2,1H3;5,8-9,12-13H,2-4,6-7,10-11,19H2,1H3;8H,3-7,11H2,1-2H3;8H,5-7,11H2,1-4H3. The molecule has 1 aromatic rings. The van der Waals surface area contributed by atoms with Crippen LogP contribution in [0.25, 0.3) is 0 Å². The molecule has 12 nitrogen and oxygen atoms in total. The van der Waals surface area contributed by atoms with Crippen LogP contribution in [0.3, 0.4) is 0 Å². The lowest BCUT2D eigenvalue weighted by atomic mass is 9.75. The number of carbonyl (C=O) groups is 4. The molecule has 0 aromatic heterocycles. The second-order valence-electron chi connectivity index (χ2n) is 21.1. The second kappa shape index (κ2) is 31.7. The Balaban J connectivity index is 0.000000320. The third kappa shape index (κ3) is 19.9. The summed E-state index contributed by atoms with van der Waals surface area (Å²) in [4.78, 5) is 47.4. The number of carbonyl (C=O) groups excluding carboxylic acids is 4. The largest absolute Gasteiger partial charge is 0.468 e. The Labute approximate surface area is 421 Å². The van der Waals surface area contributed by atoms with E-state index < -0.39 is 22.2 Å². The summed E-state index contributed by atoms with van der Waals surface area (Å²) in [6.07, 6.45) is 31.6. The molecule has 4 atom stereocenters. The molecule has 0 aliphatic heterocycles. The summed E-state index contributed by atoms with van der Waals surface area (Å²) in [6, 6.07) is 7.66. The zero-order valence-corrected chi connectivity index (χ0v) is 45.5. The van der Waals surface area contributed by atoms with Gasteiger partial charge in [0.25, 0.3) is 0 Å². The van der Waals surface area contributed by atoms with Crippen molar-refractivity contribution in [2.24, 2.45) is 52.5 Å². The number of ether oxygens (including phenoxy) is 4. The van der Waals surface area contributed by atoms with E-state index in [9.17, 15) is 19.2 Å². The van der Waals surface area contributed by atoms with Gasteiger partial charge in [0, 0.05) is 4.47 Å². The van der Waals surface area contributed by atoms with E-state index >= 15 is 0 Å². The SMILES string of the molecule is CCCCC(N)(C(=O)OC)C(C)C.CCCCC(N)(C(=O)OC)C1CC1.COC(=O)C(N)(CCC1CCCCC1)CC1CCCCC1.COC(=O)C(N)(CCC1CCCCC1)c1cccc(Br)c1. The fourth-order valence-electron chi connectivity index (χ4n) is 10.6. The quantitative estimate of drug-likeness (QED) is 0.0670. The molecule has 4 aliphatic rings. The third-order valence-electron chi connectivity index (χ3n) is 15.6. The molecule has 4 fully saturated rings. The van der Waals surface area contributed by atoms with Crippen LogP contribution in [0, 0.1) is 29.6 Å². The van der Waals surface area contributed by atoms with Gasteiger partial charge in [-0.25, -0.2) is 4.79 Å². The Morgan fingerprint density at radius 1 is 0.588 bits per heavy atom. The molecule has 5 rings (SSSR count). The van der Waals surface area contributed by atoms with Crippen LogP contribution >= 0.6 is 15.9 Å². The minimum Gasteiger partial charge on any atom is -0.468 e. The lowest BCUT2D eigenvalue weighted by Crippen LogP contribution is -2.53. The highest BCUT2D eigenvalue weighted by molar-refractivity contribution is 9.10. The molecule has 4 saturated carbocycles.